The van der Waals surface area contributed by atoms with E-state index >= 15 is 0 Å². The van der Waals surface area contributed by atoms with Crippen LogP contribution in [0, 0.1) is 0 Å². The zero-order valence-corrected chi connectivity index (χ0v) is 8.41. The number of halogens is 3. The van der Waals surface area contributed by atoms with E-state index in [9.17, 15) is 0 Å². The topological polar surface area (TPSA) is 126 Å². The van der Waals surface area contributed by atoms with E-state index in [0.29, 0.717) is 0 Å². The van der Waals surface area contributed by atoms with Crippen molar-refractivity contribution in [1.82, 2.24) is 0 Å². The summed E-state index contributed by atoms with van der Waals surface area (Å²) in [5, 5.41) is 0. The molecular weight excluding hydrogens is 210 g/mol. The van der Waals surface area contributed by atoms with E-state index in [-0.39, 0.29) is 34.3 Å². The van der Waals surface area contributed by atoms with Crippen LogP contribution in [0.3, 0.4) is 0 Å². The van der Waals surface area contributed by atoms with Crippen molar-refractivity contribution in [2.75, 3.05) is 0 Å². The van der Waals surface area contributed by atoms with Gasteiger partial charge in [0, 0.05) is 0 Å². The van der Waals surface area contributed by atoms with Crippen LogP contribution in [0.25, 0.3) is 0 Å². The van der Waals surface area contributed by atoms with Crippen molar-refractivity contribution < 1.29 is 21.9 Å². The van der Waals surface area contributed by atoms with Crippen molar-refractivity contribution >= 4 is 56.0 Å². The van der Waals surface area contributed by atoms with Gasteiger partial charge in [-0.25, -0.2) is 0 Å². The first-order chi connectivity index (χ1) is 1.41. The molecule has 0 aliphatic carbocycles. The molecule has 0 saturated carbocycles. The van der Waals surface area contributed by atoms with Crippen LogP contribution < -0.4 is 0 Å². The fourth-order valence-corrected chi connectivity index (χ4v) is 0. The Morgan fingerprint density at radius 1 is 0.750 bits per heavy atom. The summed E-state index contributed by atoms with van der Waals surface area (Å²) in [6.45, 7) is 0. The normalized spacial score (nSPS) is 1.25. The van der Waals surface area contributed by atoms with Gasteiger partial charge in [-0.3, -0.25) is 0 Å². The van der Waals surface area contributed by atoms with Crippen LogP contribution >= 0.6 is 25.2 Å². The molecule has 4 nitrogen and oxygen atoms in total. The van der Waals surface area contributed by atoms with Crippen molar-refractivity contribution in [2.45, 2.75) is 0 Å². The molecule has 0 heterocycles. The number of hydrogen-bond donors (Lipinski definition) is 0. The SMILES string of the molecule is Cl.O.O.O.O.[Cl][Ca][Cl]. The Kier molecular flexibility index (Phi) is 411. The predicted molar refractivity (Wildman–Crippen MR) is 39.2 cm³/mol. The van der Waals surface area contributed by atoms with Crippen molar-refractivity contribution in [2.24, 2.45) is 0 Å². The summed E-state index contributed by atoms with van der Waals surface area (Å²) in [6, 6.07) is 0. The van der Waals surface area contributed by atoms with E-state index < -0.39 is 30.8 Å². The molecule has 0 fully saturated rings. The average molecular weight is 220 g/mol. The standard InChI is InChI=1S/Ca.3ClH.4H2O/h;3*1H;4*1H2/q+2;;;;;;;/p-2. The Labute approximate surface area is 76.9 Å². The predicted octanol–water partition coefficient (Wildman–Crippen LogP) is -1.88. The van der Waals surface area contributed by atoms with Gasteiger partial charge in [0.05, 0.1) is 0 Å². The first kappa shape index (κ1) is 50.9. The van der Waals surface area contributed by atoms with Crippen molar-refractivity contribution in [1.29, 1.82) is 0 Å². The van der Waals surface area contributed by atoms with Gasteiger partial charge in [0.25, 0.3) is 0 Å². The summed E-state index contributed by atoms with van der Waals surface area (Å²) in [5.74, 6) is 0. The van der Waals surface area contributed by atoms with E-state index in [0.717, 1.165) is 0 Å². The van der Waals surface area contributed by atoms with Crippen LogP contribution in [0.15, 0.2) is 0 Å². The average Bonchev–Trinajstić information content (AvgIpc) is 0.918. The summed E-state index contributed by atoms with van der Waals surface area (Å²) in [4.78, 5) is 0. The minimum absolute atomic E-state index is 0. The first-order valence-electron chi connectivity index (χ1n) is 0.535. The zero-order chi connectivity index (χ0) is 2.71. The molecule has 8 N–H and O–H groups in total. The molecule has 8 heavy (non-hydrogen) atoms. The Morgan fingerprint density at radius 2 is 0.750 bits per heavy atom. The monoisotopic (exact) mass is 218 g/mol. The molecule has 56 valence electrons. The first-order valence-corrected chi connectivity index (χ1v) is 6.61. The van der Waals surface area contributed by atoms with Crippen molar-refractivity contribution in [3.8, 4) is 0 Å². The van der Waals surface area contributed by atoms with Gasteiger partial charge in [-0.15, -0.1) is 12.4 Å². The van der Waals surface area contributed by atoms with E-state index in [1.165, 1.54) is 0 Å². The second-order valence-corrected chi connectivity index (χ2v) is 3.75. The van der Waals surface area contributed by atoms with Gasteiger partial charge in [-0.2, -0.15) is 0 Å². The summed E-state index contributed by atoms with van der Waals surface area (Å²) in [7, 11) is 0. The third-order valence-electron chi connectivity index (χ3n) is 0. The fourth-order valence-electron chi connectivity index (χ4n) is 0. The molecule has 8 heteroatoms. The third-order valence-corrected chi connectivity index (χ3v) is 0. The van der Waals surface area contributed by atoms with Crippen LogP contribution in [0.5, 0.6) is 0 Å². The van der Waals surface area contributed by atoms with Crippen LogP contribution in [0.2, 0.25) is 0 Å². The van der Waals surface area contributed by atoms with Crippen LogP contribution in [0.1, 0.15) is 0 Å². The number of hydrogen-bond acceptors (Lipinski definition) is 0. The molecule has 0 unspecified atom stereocenters. The van der Waals surface area contributed by atoms with Crippen LogP contribution in [0.4, 0.5) is 0 Å². The van der Waals surface area contributed by atoms with Gasteiger partial charge in [0.2, 0.25) is 0 Å². The molecule has 0 saturated heterocycles. The van der Waals surface area contributed by atoms with Gasteiger partial charge in [0.1, 0.15) is 0 Å². The second-order valence-electron chi connectivity index (χ2n) is 0.101. The summed E-state index contributed by atoms with van der Waals surface area (Å²) in [6.07, 6.45) is 9.90. The molecule has 0 bridgehead atoms. The van der Waals surface area contributed by atoms with E-state index in [2.05, 4.69) is 0 Å². The van der Waals surface area contributed by atoms with Crippen molar-refractivity contribution in [3.63, 3.8) is 0 Å². The molecule has 0 aromatic heterocycles. The second kappa shape index (κ2) is 64.6. The Morgan fingerprint density at radius 3 is 0.750 bits per heavy atom. The Balaban J connectivity index is -0.00000000200. The minimum atomic E-state index is -0.931. The maximum absolute atomic E-state index is 4.95. The van der Waals surface area contributed by atoms with Gasteiger partial charge in [-0.1, -0.05) is 0 Å². The van der Waals surface area contributed by atoms with Gasteiger partial charge >= 0.3 is 43.6 Å². The molecule has 0 aromatic rings. The molecule has 0 rings (SSSR count). The van der Waals surface area contributed by atoms with Gasteiger partial charge < -0.3 is 21.9 Å². The fraction of sp³-hybridized carbons (Fsp3) is 0. The summed E-state index contributed by atoms with van der Waals surface area (Å²) < 4.78 is 0. The van der Waals surface area contributed by atoms with Crippen LogP contribution in [-0.2, 0) is 0 Å². The Bertz CT molecular complexity index is 11.2. The molecule has 0 atom stereocenters. The Hall–Kier alpha value is 1.97. The van der Waals surface area contributed by atoms with E-state index in [1.807, 2.05) is 0 Å². The number of rotatable bonds is 0. The van der Waals surface area contributed by atoms with Gasteiger partial charge in [-0.05, 0) is 0 Å². The van der Waals surface area contributed by atoms with Crippen LogP contribution in [-0.4, -0.2) is 52.7 Å². The molecule has 0 aliphatic rings. The molecule has 0 spiro atoms. The van der Waals surface area contributed by atoms with E-state index in [1.54, 1.807) is 0 Å². The molecule has 0 aromatic carbocycles. The summed E-state index contributed by atoms with van der Waals surface area (Å²) >= 11 is -0.931. The van der Waals surface area contributed by atoms with E-state index in [4.69, 9.17) is 12.8 Å². The van der Waals surface area contributed by atoms with Crippen molar-refractivity contribution in [3.05, 3.63) is 0 Å². The third kappa shape index (κ3) is 99.8. The van der Waals surface area contributed by atoms with Gasteiger partial charge in [0.15, 0.2) is 0 Å². The summed E-state index contributed by atoms with van der Waals surface area (Å²) in [5.41, 5.74) is 0. The zero-order valence-electron chi connectivity index (χ0n) is 3.87. The molecule has 0 aliphatic heterocycles. The molecule has 0 radical (unpaired) electrons. The quantitative estimate of drug-likeness (QED) is 0.423. The molecular formula is H9CaCl3O4. The maximum atomic E-state index is 4.95. The molecule has 0 amide bonds.